The molecule has 12 heteroatoms. The van der Waals surface area contributed by atoms with Crippen molar-refractivity contribution in [1.82, 2.24) is 35.6 Å². The van der Waals surface area contributed by atoms with Crippen molar-refractivity contribution in [2.75, 3.05) is 18.8 Å². The van der Waals surface area contributed by atoms with Crippen LogP contribution >= 0.6 is 11.6 Å². The average molecular weight is 430 g/mol. The summed E-state index contributed by atoms with van der Waals surface area (Å²) in [5.41, 5.74) is 9.71. The second kappa shape index (κ2) is 9.01. The largest absolute Gasteiger partial charge is 0.378 e. The summed E-state index contributed by atoms with van der Waals surface area (Å²) in [4.78, 5) is 15.0. The minimum atomic E-state index is -0.499. The molecule has 0 radical (unpaired) electrons. The smallest absolute Gasteiger partial charge is 0.293 e. The Bertz CT molecular complexity index is 1060. The van der Waals surface area contributed by atoms with E-state index in [0.717, 1.165) is 31.5 Å². The number of rotatable bonds is 6. The standard InChI is InChI=1S/C18H20ClN9O2/c19-13-6-4-5-12(9-13)10-21-23-18(29)15-14(11-27-7-2-1-3-8-27)28(26-22-15)17-16(20)24-30-25-17/h4-6,9-10H,1-3,7-8,11H2,(H2,20,24)(H,23,29). The number of hydrazone groups is 1. The van der Waals surface area contributed by atoms with E-state index in [1.165, 1.54) is 17.3 Å². The molecule has 4 rings (SSSR count). The molecular formula is C18H20ClN9O2. The first-order valence-corrected chi connectivity index (χ1v) is 9.84. The third-order valence-corrected chi connectivity index (χ3v) is 4.96. The number of halogens is 1. The van der Waals surface area contributed by atoms with Gasteiger partial charge in [-0.1, -0.05) is 35.4 Å². The third-order valence-electron chi connectivity index (χ3n) is 4.72. The quantitative estimate of drug-likeness (QED) is 0.445. The van der Waals surface area contributed by atoms with Crippen molar-refractivity contribution in [3.05, 3.63) is 46.2 Å². The zero-order valence-corrected chi connectivity index (χ0v) is 16.8. The molecule has 3 N–H and O–H groups in total. The molecule has 0 aliphatic carbocycles. The summed E-state index contributed by atoms with van der Waals surface area (Å²) in [6, 6.07) is 7.10. The first-order chi connectivity index (χ1) is 14.6. The summed E-state index contributed by atoms with van der Waals surface area (Å²) >= 11 is 5.96. The molecule has 0 bridgehead atoms. The van der Waals surface area contributed by atoms with Gasteiger partial charge in [0.05, 0.1) is 11.9 Å². The molecule has 0 saturated carbocycles. The van der Waals surface area contributed by atoms with Gasteiger partial charge in [0, 0.05) is 11.6 Å². The Kier molecular flexibility index (Phi) is 6.00. The molecule has 0 unspecified atom stereocenters. The van der Waals surface area contributed by atoms with Gasteiger partial charge in [0.15, 0.2) is 5.69 Å². The van der Waals surface area contributed by atoms with Gasteiger partial charge in [-0.05, 0) is 53.9 Å². The normalized spacial score (nSPS) is 15.0. The summed E-state index contributed by atoms with van der Waals surface area (Å²) in [5, 5.41) is 20.0. The molecule has 30 heavy (non-hydrogen) atoms. The number of hydrogen-bond donors (Lipinski definition) is 2. The lowest BCUT2D eigenvalue weighted by atomic mass is 10.1. The van der Waals surface area contributed by atoms with Gasteiger partial charge in [-0.25, -0.2) is 10.1 Å². The lowest BCUT2D eigenvalue weighted by Crippen LogP contribution is -2.31. The van der Waals surface area contributed by atoms with Crippen LogP contribution in [0, 0.1) is 0 Å². The summed E-state index contributed by atoms with van der Waals surface area (Å²) in [7, 11) is 0. The summed E-state index contributed by atoms with van der Waals surface area (Å²) < 4.78 is 6.06. The van der Waals surface area contributed by atoms with Crippen LogP contribution in [0.2, 0.25) is 5.02 Å². The number of carbonyl (C=O) groups is 1. The summed E-state index contributed by atoms with van der Waals surface area (Å²) in [5.74, 6) is -0.247. The highest BCUT2D eigenvalue weighted by Gasteiger charge is 2.26. The minimum absolute atomic E-state index is 0.0609. The molecule has 1 aromatic carbocycles. The number of anilines is 1. The monoisotopic (exact) mass is 429 g/mol. The lowest BCUT2D eigenvalue weighted by molar-refractivity contribution is 0.0947. The number of piperidine rings is 1. The second-order valence-electron chi connectivity index (χ2n) is 6.86. The van der Waals surface area contributed by atoms with Crippen LogP contribution in [0.3, 0.4) is 0 Å². The van der Waals surface area contributed by atoms with Crippen molar-refractivity contribution in [3.63, 3.8) is 0 Å². The van der Waals surface area contributed by atoms with Crippen molar-refractivity contribution in [2.45, 2.75) is 25.8 Å². The molecular weight excluding hydrogens is 410 g/mol. The maximum absolute atomic E-state index is 12.8. The molecule has 156 valence electrons. The molecule has 3 heterocycles. The van der Waals surface area contributed by atoms with E-state index in [4.69, 9.17) is 17.3 Å². The minimum Gasteiger partial charge on any atom is -0.378 e. The highest BCUT2D eigenvalue weighted by molar-refractivity contribution is 6.30. The highest BCUT2D eigenvalue weighted by atomic mass is 35.5. The highest BCUT2D eigenvalue weighted by Crippen LogP contribution is 2.19. The number of nitrogens with two attached hydrogens (primary N) is 1. The van der Waals surface area contributed by atoms with Crippen molar-refractivity contribution in [3.8, 4) is 5.82 Å². The number of nitrogen functional groups attached to an aromatic ring is 1. The van der Waals surface area contributed by atoms with Crippen LogP contribution in [0.15, 0.2) is 34.0 Å². The van der Waals surface area contributed by atoms with Crippen molar-refractivity contribution in [2.24, 2.45) is 5.10 Å². The molecule has 1 aliphatic heterocycles. The second-order valence-corrected chi connectivity index (χ2v) is 7.30. The lowest BCUT2D eigenvalue weighted by Gasteiger charge is -2.26. The first-order valence-electron chi connectivity index (χ1n) is 9.46. The van der Waals surface area contributed by atoms with Crippen molar-refractivity contribution in [1.29, 1.82) is 0 Å². The maximum Gasteiger partial charge on any atom is 0.293 e. The van der Waals surface area contributed by atoms with E-state index in [1.54, 1.807) is 18.2 Å². The van der Waals surface area contributed by atoms with Crippen LogP contribution in [-0.4, -0.2) is 55.4 Å². The van der Waals surface area contributed by atoms with Gasteiger partial charge >= 0.3 is 0 Å². The number of benzene rings is 1. The van der Waals surface area contributed by atoms with E-state index in [-0.39, 0.29) is 17.3 Å². The van der Waals surface area contributed by atoms with Gasteiger partial charge in [0.1, 0.15) is 0 Å². The van der Waals surface area contributed by atoms with Gasteiger partial charge in [-0.15, -0.1) is 5.10 Å². The maximum atomic E-state index is 12.8. The Balaban J connectivity index is 1.57. The van der Waals surface area contributed by atoms with Gasteiger partial charge < -0.3 is 5.73 Å². The molecule has 11 nitrogen and oxygen atoms in total. The number of nitrogens with one attached hydrogen (secondary N) is 1. The van der Waals surface area contributed by atoms with E-state index in [2.05, 4.69) is 40.7 Å². The van der Waals surface area contributed by atoms with Crippen LogP contribution in [0.4, 0.5) is 5.82 Å². The van der Waals surface area contributed by atoms with Crippen LogP contribution in [0.5, 0.6) is 0 Å². The Morgan fingerprint density at radius 3 is 2.87 bits per heavy atom. The fourth-order valence-corrected chi connectivity index (χ4v) is 3.46. The number of aromatic nitrogens is 5. The number of hydrogen-bond acceptors (Lipinski definition) is 9. The van der Waals surface area contributed by atoms with Gasteiger partial charge in [-0.2, -0.15) is 9.78 Å². The fourth-order valence-electron chi connectivity index (χ4n) is 3.26. The summed E-state index contributed by atoms with van der Waals surface area (Å²) in [6.07, 6.45) is 4.89. The first kappa shape index (κ1) is 20.0. The zero-order chi connectivity index (χ0) is 20.9. The Hall–Kier alpha value is -3.31. The van der Waals surface area contributed by atoms with Crippen molar-refractivity contribution >= 4 is 29.5 Å². The molecule has 3 aromatic rings. The molecule has 1 fully saturated rings. The van der Waals surface area contributed by atoms with Gasteiger partial charge in [0.25, 0.3) is 5.91 Å². The van der Waals surface area contributed by atoms with Crippen LogP contribution < -0.4 is 11.2 Å². The predicted molar refractivity (Wildman–Crippen MR) is 109 cm³/mol. The summed E-state index contributed by atoms with van der Waals surface area (Å²) in [6.45, 7) is 2.30. The topological polar surface area (TPSA) is 140 Å². The predicted octanol–water partition coefficient (Wildman–Crippen LogP) is 1.64. The Labute approximate surface area is 176 Å². The number of carbonyl (C=O) groups excluding carboxylic acids is 1. The molecule has 0 spiro atoms. The number of amides is 1. The van der Waals surface area contributed by atoms with E-state index < -0.39 is 5.91 Å². The van der Waals surface area contributed by atoms with Crippen LogP contribution in [-0.2, 0) is 6.54 Å². The molecule has 1 aliphatic rings. The van der Waals surface area contributed by atoms with E-state index >= 15 is 0 Å². The molecule has 0 atom stereocenters. The van der Waals surface area contributed by atoms with Gasteiger partial charge in [0.2, 0.25) is 11.6 Å². The Morgan fingerprint density at radius 2 is 2.13 bits per heavy atom. The van der Waals surface area contributed by atoms with Crippen molar-refractivity contribution < 1.29 is 9.42 Å². The number of nitrogens with zero attached hydrogens (tertiary/aromatic N) is 7. The SMILES string of the molecule is Nc1nonc1-n1nnc(C(=O)NN=Cc2cccc(Cl)c2)c1CN1CCCCC1. The average Bonchev–Trinajstić information content (AvgIpc) is 3.34. The van der Waals surface area contributed by atoms with E-state index in [0.29, 0.717) is 17.3 Å². The van der Waals surface area contributed by atoms with E-state index in [9.17, 15) is 4.79 Å². The van der Waals surface area contributed by atoms with Crippen LogP contribution in [0.25, 0.3) is 5.82 Å². The molecule has 1 amide bonds. The fraction of sp³-hybridized carbons (Fsp3) is 0.333. The number of likely N-dealkylation sites (tertiary alicyclic amines) is 1. The Morgan fingerprint density at radius 1 is 1.30 bits per heavy atom. The molecule has 1 saturated heterocycles. The van der Waals surface area contributed by atoms with Crippen LogP contribution in [0.1, 0.15) is 41.0 Å². The third kappa shape index (κ3) is 4.47. The molecule has 2 aromatic heterocycles. The van der Waals surface area contributed by atoms with E-state index in [1.807, 2.05) is 6.07 Å². The van der Waals surface area contributed by atoms with Gasteiger partial charge in [-0.3, -0.25) is 9.69 Å². The zero-order valence-electron chi connectivity index (χ0n) is 16.0.